The monoisotopic (exact) mass is 424 g/mol. The van der Waals surface area contributed by atoms with Crippen molar-refractivity contribution in [2.75, 3.05) is 11.9 Å². The highest BCUT2D eigenvalue weighted by molar-refractivity contribution is 7.10. The van der Waals surface area contributed by atoms with Gasteiger partial charge in [0.05, 0.1) is 36.1 Å². The lowest BCUT2D eigenvalue weighted by molar-refractivity contribution is 0.162. The largest absolute Gasteiger partial charge is 0.394 e. The number of aromatic nitrogens is 6. The van der Waals surface area contributed by atoms with Gasteiger partial charge in [0.2, 0.25) is 0 Å². The van der Waals surface area contributed by atoms with Crippen LogP contribution in [0.4, 0.5) is 10.8 Å². The molecule has 156 valence electrons. The number of aliphatic hydroxyl groups excluding tert-OH is 1. The first-order valence-corrected chi connectivity index (χ1v) is 10.9. The minimum atomic E-state index is -0.152. The minimum Gasteiger partial charge on any atom is -0.394 e. The molecule has 0 unspecified atom stereocenters. The Morgan fingerprint density at radius 3 is 2.93 bits per heavy atom. The number of fused-ring (bicyclic) bond motifs is 1. The van der Waals surface area contributed by atoms with Crippen LogP contribution in [-0.4, -0.2) is 46.2 Å². The summed E-state index contributed by atoms with van der Waals surface area (Å²) >= 11 is 1.40. The molecule has 0 bridgehead atoms. The molecule has 0 saturated heterocycles. The number of imidazole rings is 1. The van der Waals surface area contributed by atoms with Gasteiger partial charge in [-0.25, -0.2) is 9.97 Å². The highest BCUT2D eigenvalue weighted by Crippen LogP contribution is 2.30. The Morgan fingerprint density at radius 1 is 1.30 bits per heavy atom. The molecule has 30 heavy (non-hydrogen) atoms. The Kier molecular flexibility index (Phi) is 4.97. The molecule has 1 fully saturated rings. The van der Waals surface area contributed by atoms with Gasteiger partial charge in [-0.2, -0.15) is 9.47 Å². The highest BCUT2D eigenvalue weighted by Gasteiger charge is 2.32. The van der Waals surface area contributed by atoms with Crippen molar-refractivity contribution in [1.29, 1.82) is 0 Å². The molecule has 4 aromatic heterocycles. The van der Waals surface area contributed by atoms with Crippen LogP contribution in [0.5, 0.6) is 0 Å². The first kappa shape index (κ1) is 19.2. The summed E-state index contributed by atoms with van der Waals surface area (Å²) < 4.78 is 6.57. The maximum atomic E-state index is 9.78. The second-order valence-electron chi connectivity index (χ2n) is 7.86. The van der Waals surface area contributed by atoms with Gasteiger partial charge < -0.3 is 15.7 Å². The van der Waals surface area contributed by atoms with Crippen LogP contribution in [0.3, 0.4) is 0 Å². The Bertz CT molecular complexity index is 1140. The number of H-pyrrole nitrogens is 1. The molecule has 0 radical (unpaired) electrons. The molecular weight excluding hydrogens is 400 g/mol. The van der Waals surface area contributed by atoms with Crippen LogP contribution in [0.15, 0.2) is 30.9 Å². The molecule has 4 heterocycles. The second kappa shape index (κ2) is 7.78. The quantitative estimate of drug-likeness (QED) is 0.360. The summed E-state index contributed by atoms with van der Waals surface area (Å²) in [6.07, 6.45) is 11.8. The molecule has 4 N–H and O–H groups in total. The first-order valence-electron chi connectivity index (χ1n) is 10.1. The van der Waals surface area contributed by atoms with Gasteiger partial charge in [-0.1, -0.05) is 12.8 Å². The van der Waals surface area contributed by atoms with Gasteiger partial charge in [0.15, 0.2) is 11.5 Å². The average Bonchev–Trinajstić information content (AvgIpc) is 3.52. The molecule has 4 aromatic rings. The van der Waals surface area contributed by atoms with E-state index in [2.05, 4.69) is 35.2 Å². The van der Waals surface area contributed by atoms with Gasteiger partial charge in [0.25, 0.3) is 0 Å². The minimum absolute atomic E-state index is 0.152. The lowest BCUT2D eigenvalue weighted by Crippen LogP contribution is -2.45. The predicted molar refractivity (Wildman–Crippen MR) is 116 cm³/mol. The number of anilines is 2. The van der Waals surface area contributed by atoms with Gasteiger partial charge >= 0.3 is 0 Å². The molecular formula is C20H24N8OS. The van der Waals surface area contributed by atoms with Crippen LogP contribution in [0.25, 0.3) is 16.9 Å². The summed E-state index contributed by atoms with van der Waals surface area (Å²) in [5, 5.41) is 24.5. The van der Waals surface area contributed by atoms with Gasteiger partial charge in [-0.15, -0.1) is 0 Å². The number of hydrogen-bond donors (Lipinski definition) is 4. The molecule has 1 aliphatic carbocycles. The third kappa shape index (κ3) is 3.57. The van der Waals surface area contributed by atoms with E-state index in [1.54, 1.807) is 6.20 Å². The molecule has 9 nitrogen and oxygen atoms in total. The summed E-state index contributed by atoms with van der Waals surface area (Å²) in [5.41, 5.74) is 4.34. The molecule has 1 aliphatic rings. The molecule has 1 saturated carbocycles. The van der Waals surface area contributed by atoms with Crippen molar-refractivity contribution < 1.29 is 5.11 Å². The van der Waals surface area contributed by atoms with Crippen LogP contribution in [0, 0.1) is 6.92 Å². The topological polar surface area (TPSA) is 116 Å². The van der Waals surface area contributed by atoms with Crippen LogP contribution in [-0.2, 0) is 6.54 Å². The van der Waals surface area contributed by atoms with E-state index in [1.807, 2.05) is 36.0 Å². The molecule has 0 amide bonds. The van der Waals surface area contributed by atoms with Crippen LogP contribution in [0.2, 0.25) is 0 Å². The van der Waals surface area contributed by atoms with Crippen molar-refractivity contribution in [2.24, 2.45) is 0 Å². The summed E-state index contributed by atoms with van der Waals surface area (Å²) in [7, 11) is 0. The number of hydrogen-bond acceptors (Lipinski definition) is 8. The normalized spacial score (nSPS) is 15.8. The van der Waals surface area contributed by atoms with E-state index in [0.717, 1.165) is 59.0 Å². The van der Waals surface area contributed by atoms with E-state index >= 15 is 0 Å². The van der Waals surface area contributed by atoms with E-state index in [-0.39, 0.29) is 12.1 Å². The fourth-order valence-electron chi connectivity index (χ4n) is 4.09. The van der Waals surface area contributed by atoms with Crippen molar-refractivity contribution in [3.8, 4) is 11.3 Å². The van der Waals surface area contributed by atoms with Crippen molar-refractivity contribution in [2.45, 2.75) is 44.7 Å². The van der Waals surface area contributed by atoms with E-state index < -0.39 is 0 Å². The van der Waals surface area contributed by atoms with E-state index in [4.69, 9.17) is 0 Å². The summed E-state index contributed by atoms with van der Waals surface area (Å²) in [5.74, 6) is 0.690. The Labute approximate surface area is 177 Å². The zero-order valence-electron chi connectivity index (χ0n) is 16.7. The Balaban J connectivity index is 1.36. The van der Waals surface area contributed by atoms with Gasteiger partial charge in [-0.3, -0.25) is 9.50 Å². The van der Waals surface area contributed by atoms with Gasteiger partial charge in [-0.05, 0) is 37.4 Å². The third-order valence-electron chi connectivity index (χ3n) is 5.72. The fraction of sp³-hybridized carbons (Fsp3) is 0.400. The maximum absolute atomic E-state index is 9.78. The lowest BCUT2D eigenvalue weighted by Gasteiger charge is -2.27. The zero-order chi connectivity index (χ0) is 20.6. The van der Waals surface area contributed by atoms with Gasteiger partial charge in [0, 0.05) is 30.0 Å². The fourth-order valence-corrected chi connectivity index (χ4v) is 4.75. The van der Waals surface area contributed by atoms with Crippen molar-refractivity contribution in [3.05, 3.63) is 42.2 Å². The Morgan fingerprint density at radius 2 is 2.17 bits per heavy atom. The molecule has 0 atom stereocenters. The van der Waals surface area contributed by atoms with Crippen LogP contribution < -0.4 is 10.6 Å². The number of aliphatic hydroxyl groups is 1. The number of nitrogens with zero attached hydrogens (tertiary/aromatic N) is 5. The number of rotatable bonds is 7. The van der Waals surface area contributed by atoms with E-state index in [0.29, 0.717) is 12.4 Å². The number of aryl methyl sites for hydroxylation is 1. The third-order valence-corrected chi connectivity index (χ3v) is 6.46. The van der Waals surface area contributed by atoms with Gasteiger partial charge in [0.1, 0.15) is 5.00 Å². The van der Waals surface area contributed by atoms with E-state index in [9.17, 15) is 5.11 Å². The molecule has 0 aromatic carbocycles. The highest BCUT2D eigenvalue weighted by atomic mass is 32.1. The van der Waals surface area contributed by atoms with Crippen LogP contribution in [0.1, 0.15) is 37.1 Å². The lowest BCUT2D eigenvalue weighted by atomic mass is 9.99. The zero-order valence-corrected chi connectivity index (χ0v) is 17.5. The molecule has 0 aliphatic heterocycles. The summed E-state index contributed by atoms with van der Waals surface area (Å²) in [4.78, 5) is 9.21. The molecule has 10 heteroatoms. The SMILES string of the molecule is Cc1cn2c(-c3cn[nH]c3)cnc2c(Nc2cc(CNC3(CO)CCCC3)ns2)n1. The van der Waals surface area contributed by atoms with Crippen molar-refractivity contribution in [3.63, 3.8) is 0 Å². The number of nitrogens with one attached hydrogen (secondary N) is 3. The average molecular weight is 425 g/mol. The smallest absolute Gasteiger partial charge is 0.180 e. The first-order chi connectivity index (χ1) is 14.7. The summed E-state index contributed by atoms with van der Waals surface area (Å²) in [6.45, 7) is 2.78. The maximum Gasteiger partial charge on any atom is 0.180 e. The predicted octanol–water partition coefficient (Wildman–Crippen LogP) is 3.02. The van der Waals surface area contributed by atoms with Crippen molar-refractivity contribution >= 4 is 28.0 Å². The molecule has 0 spiro atoms. The Hall–Kier alpha value is -2.82. The van der Waals surface area contributed by atoms with Crippen LogP contribution >= 0.6 is 11.5 Å². The molecule has 5 rings (SSSR count). The number of aromatic amines is 1. The second-order valence-corrected chi connectivity index (χ2v) is 8.67. The summed E-state index contributed by atoms with van der Waals surface area (Å²) in [6, 6.07) is 2.03. The van der Waals surface area contributed by atoms with E-state index in [1.165, 1.54) is 11.5 Å². The van der Waals surface area contributed by atoms with Crippen molar-refractivity contribution in [1.82, 2.24) is 34.3 Å². The standard InChI is InChI=1S/C20H24N8OS/c1-13-11-28-16(14-7-23-24-8-14)10-21-19(28)18(25-13)26-17-6-15(27-30-17)9-22-20(12-29)4-2-3-5-20/h6-8,10-11,22,29H,2-5,9,12H2,1H3,(H,23,24)(H,25,26).